The summed E-state index contributed by atoms with van der Waals surface area (Å²) < 4.78 is 5.68. The molecule has 0 spiro atoms. The van der Waals surface area contributed by atoms with Crippen LogP contribution in [0, 0.1) is 0 Å². The summed E-state index contributed by atoms with van der Waals surface area (Å²) in [6.45, 7) is 5.62. The molecule has 132 valence electrons. The third-order valence-corrected chi connectivity index (χ3v) is 5.41. The van der Waals surface area contributed by atoms with E-state index in [0.717, 1.165) is 19.4 Å². The van der Waals surface area contributed by atoms with Gasteiger partial charge in [0.25, 0.3) is 5.91 Å². The highest BCUT2D eigenvalue weighted by Crippen LogP contribution is 2.25. The van der Waals surface area contributed by atoms with E-state index >= 15 is 0 Å². The van der Waals surface area contributed by atoms with Crippen molar-refractivity contribution in [3.63, 3.8) is 0 Å². The zero-order valence-electron chi connectivity index (χ0n) is 14.4. The molecule has 2 fully saturated rings. The highest BCUT2D eigenvalue weighted by molar-refractivity contribution is 6.30. The topological polar surface area (TPSA) is 32.8 Å². The molecule has 0 unspecified atom stereocenters. The van der Waals surface area contributed by atoms with Crippen LogP contribution >= 0.6 is 11.6 Å². The van der Waals surface area contributed by atoms with Gasteiger partial charge in [0.15, 0.2) is 6.61 Å². The average Bonchev–Trinajstić information content (AvgIpc) is 3.07. The van der Waals surface area contributed by atoms with Gasteiger partial charge in [0.05, 0.1) is 0 Å². The zero-order chi connectivity index (χ0) is 16.9. The number of benzene rings is 1. The zero-order valence-corrected chi connectivity index (χ0v) is 15.2. The fourth-order valence-corrected chi connectivity index (χ4v) is 4.06. The molecule has 0 aromatic heterocycles. The van der Waals surface area contributed by atoms with Gasteiger partial charge in [-0.3, -0.25) is 4.79 Å². The van der Waals surface area contributed by atoms with Crippen LogP contribution in [0.5, 0.6) is 5.75 Å². The van der Waals surface area contributed by atoms with E-state index in [1.54, 1.807) is 24.3 Å². The molecule has 0 bridgehead atoms. The molecular formula is C19H27ClN2O2. The molecule has 4 nitrogen and oxygen atoms in total. The smallest absolute Gasteiger partial charge is 0.261 e. The first-order valence-electron chi connectivity index (χ1n) is 9.05. The van der Waals surface area contributed by atoms with Crippen LogP contribution in [0.4, 0.5) is 0 Å². The van der Waals surface area contributed by atoms with Crippen molar-refractivity contribution in [2.45, 2.75) is 51.1 Å². The predicted octanol–water partition coefficient (Wildman–Crippen LogP) is 3.58. The highest BCUT2D eigenvalue weighted by atomic mass is 35.5. The molecule has 1 aromatic rings. The SMILES string of the molecule is C[C@H]1CCC[C@@H](CN2CCCC2)N1C(=O)COc1ccc(Cl)cc1. The second-order valence-corrected chi connectivity index (χ2v) is 7.42. The number of piperidine rings is 1. The Morgan fingerprint density at radius 2 is 1.88 bits per heavy atom. The second kappa shape index (κ2) is 8.21. The Balaban J connectivity index is 1.59. The van der Waals surface area contributed by atoms with Crippen molar-refractivity contribution in [3.05, 3.63) is 29.3 Å². The maximum atomic E-state index is 12.8. The van der Waals surface area contributed by atoms with Crippen molar-refractivity contribution >= 4 is 17.5 Å². The Hall–Kier alpha value is -1.26. The molecule has 2 aliphatic heterocycles. The van der Waals surface area contributed by atoms with Crippen molar-refractivity contribution < 1.29 is 9.53 Å². The van der Waals surface area contributed by atoms with Gasteiger partial charge in [-0.1, -0.05) is 11.6 Å². The van der Waals surface area contributed by atoms with Crippen molar-refractivity contribution in [2.75, 3.05) is 26.2 Å². The van der Waals surface area contributed by atoms with Crippen LogP contribution in [0.2, 0.25) is 5.02 Å². The Kier molecular flexibility index (Phi) is 6.01. The molecule has 2 heterocycles. The number of amides is 1. The molecule has 0 radical (unpaired) electrons. The van der Waals surface area contributed by atoms with Gasteiger partial charge in [0, 0.05) is 23.7 Å². The Labute approximate surface area is 149 Å². The Bertz CT molecular complexity index is 543. The van der Waals surface area contributed by atoms with E-state index in [0.29, 0.717) is 22.9 Å². The van der Waals surface area contributed by atoms with Gasteiger partial charge in [0.2, 0.25) is 0 Å². The molecule has 0 N–H and O–H groups in total. The molecule has 3 rings (SSSR count). The molecule has 2 aliphatic rings. The largest absolute Gasteiger partial charge is 0.484 e. The van der Waals surface area contributed by atoms with Gasteiger partial charge in [-0.05, 0) is 76.4 Å². The van der Waals surface area contributed by atoms with E-state index in [9.17, 15) is 4.79 Å². The third kappa shape index (κ3) is 4.42. The summed E-state index contributed by atoms with van der Waals surface area (Å²) in [7, 11) is 0. The fraction of sp³-hybridized carbons (Fsp3) is 0.632. The van der Waals surface area contributed by atoms with E-state index in [-0.39, 0.29) is 12.5 Å². The minimum Gasteiger partial charge on any atom is -0.484 e. The first-order valence-corrected chi connectivity index (χ1v) is 9.43. The number of ether oxygens (including phenoxy) is 1. The summed E-state index contributed by atoms with van der Waals surface area (Å²) in [5.74, 6) is 0.787. The van der Waals surface area contributed by atoms with Crippen molar-refractivity contribution in [1.29, 1.82) is 0 Å². The lowest BCUT2D eigenvalue weighted by atomic mass is 9.96. The molecule has 1 amide bonds. The molecule has 1 aromatic carbocycles. The van der Waals surface area contributed by atoms with E-state index in [2.05, 4.69) is 16.7 Å². The van der Waals surface area contributed by atoms with Crippen LogP contribution in [-0.4, -0.2) is 54.0 Å². The van der Waals surface area contributed by atoms with Crippen LogP contribution in [0.1, 0.15) is 39.0 Å². The number of carbonyl (C=O) groups is 1. The summed E-state index contributed by atoms with van der Waals surface area (Å²) in [6.07, 6.45) is 5.98. The van der Waals surface area contributed by atoms with Crippen LogP contribution in [0.25, 0.3) is 0 Å². The van der Waals surface area contributed by atoms with Crippen LogP contribution in [0.15, 0.2) is 24.3 Å². The third-order valence-electron chi connectivity index (χ3n) is 5.16. The summed E-state index contributed by atoms with van der Waals surface area (Å²) in [4.78, 5) is 17.4. The van der Waals surface area contributed by atoms with Gasteiger partial charge in [-0.15, -0.1) is 0 Å². The second-order valence-electron chi connectivity index (χ2n) is 6.99. The average molecular weight is 351 g/mol. The fourth-order valence-electron chi connectivity index (χ4n) is 3.93. The summed E-state index contributed by atoms with van der Waals surface area (Å²) in [6, 6.07) is 7.79. The lowest BCUT2D eigenvalue weighted by Gasteiger charge is -2.42. The molecule has 5 heteroatoms. The van der Waals surface area contributed by atoms with Crippen LogP contribution in [0.3, 0.4) is 0 Å². The molecule has 0 saturated carbocycles. The number of hydrogen-bond acceptors (Lipinski definition) is 3. The lowest BCUT2D eigenvalue weighted by Crippen LogP contribution is -2.54. The molecular weight excluding hydrogens is 324 g/mol. The van der Waals surface area contributed by atoms with Gasteiger partial charge < -0.3 is 14.5 Å². The van der Waals surface area contributed by atoms with Gasteiger partial charge in [-0.2, -0.15) is 0 Å². The van der Waals surface area contributed by atoms with Crippen molar-refractivity contribution in [2.24, 2.45) is 0 Å². The molecule has 24 heavy (non-hydrogen) atoms. The lowest BCUT2D eigenvalue weighted by molar-refractivity contribution is -0.140. The van der Waals surface area contributed by atoms with Gasteiger partial charge in [0.1, 0.15) is 5.75 Å². The molecule has 2 atom stereocenters. The highest BCUT2D eigenvalue weighted by Gasteiger charge is 2.33. The monoisotopic (exact) mass is 350 g/mol. The minimum absolute atomic E-state index is 0.0985. The maximum absolute atomic E-state index is 12.8. The van der Waals surface area contributed by atoms with Gasteiger partial charge in [-0.25, -0.2) is 0 Å². The number of rotatable bonds is 5. The summed E-state index contributed by atoms with van der Waals surface area (Å²) in [5, 5.41) is 0.670. The molecule has 2 saturated heterocycles. The van der Waals surface area contributed by atoms with E-state index in [1.165, 1.54) is 32.4 Å². The number of halogens is 1. The van der Waals surface area contributed by atoms with E-state index < -0.39 is 0 Å². The Morgan fingerprint density at radius 1 is 1.17 bits per heavy atom. The summed E-state index contributed by atoms with van der Waals surface area (Å²) >= 11 is 5.88. The first-order chi connectivity index (χ1) is 11.6. The Morgan fingerprint density at radius 3 is 2.58 bits per heavy atom. The van der Waals surface area contributed by atoms with E-state index in [1.807, 2.05) is 0 Å². The van der Waals surface area contributed by atoms with E-state index in [4.69, 9.17) is 16.3 Å². The number of likely N-dealkylation sites (tertiary alicyclic amines) is 2. The van der Waals surface area contributed by atoms with Gasteiger partial charge >= 0.3 is 0 Å². The standard InChI is InChI=1S/C19H27ClN2O2/c1-15-5-4-6-17(13-21-11-2-3-12-21)22(15)19(23)14-24-18-9-7-16(20)8-10-18/h7-10,15,17H,2-6,11-14H2,1H3/t15-,17-/m0/s1. The quantitative estimate of drug-likeness (QED) is 0.813. The predicted molar refractivity (Wildman–Crippen MR) is 96.6 cm³/mol. The normalized spacial score (nSPS) is 25.0. The number of hydrogen-bond donors (Lipinski definition) is 0. The number of nitrogens with zero attached hydrogens (tertiary/aromatic N) is 2. The van der Waals surface area contributed by atoms with Crippen LogP contribution in [-0.2, 0) is 4.79 Å². The summed E-state index contributed by atoms with van der Waals surface area (Å²) in [5.41, 5.74) is 0. The van der Waals surface area contributed by atoms with Crippen molar-refractivity contribution in [1.82, 2.24) is 9.80 Å². The minimum atomic E-state index is 0.0985. The van der Waals surface area contributed by atoms with Crippen LogP contribution < -0.4 is 4.74 Å². The van der Waals surface area contributed by atoms with Crippen molar-refractivity contribution in [3.8, 4) is 5.75 Å². The first kappa shape index (κ1) is 17.6. The number of carbonyl (C=O) groups excluding carboxylic acids is 1. The molecule has 0 aliphatic carbocycles. The maximum Gasteiger partial charge on any atom is 0.261 e.